The van der Waals surface area contributed by atoms with Crippen LogP contribution in [0.3, 0.4) is 0 Å². The minimum absolute atomic E-state index is 0.238. The summed E-state index contributed by atoms with van der Waals surface area (Å²) in [5.41, 5.74) is 2.46. The number of hydrogen-bond acceptors (Lipinski definition) is 3. The highest BCUT2D eigenvalue weighted by atomic mass is 16.5. The third-order valence-electron chi connectivity index (χ3n) is 5.81. The molecule has 3 aliphatic rings. The summed E-state index contributed by atoms with van der Waals surface area (Å²) in [5, 5.41) is 10.8. The molecule has 0 aromatic rings. The second-order valence-corrected chi connectivity index (χ2v) is 7.66. The van der Waals surface area contributed by atoms with E-state index in [0.717, 1.165) is 26.0 Å². The van der Waals surface area contributed by atoms with Crippen molar-refractivity contribution in [1.82, 2.24) is 4.90 Å². The maximum Gasteiger partial charge on any atom is 0.0712 e. The second-order valence-electron chi connectivity index (χ2n) is 7.66. The van der Waals surface area contributed by atoms with Crippen LogP contribution in [-0.4, -0.2) is 49.0 Å². The molecule has 1 saturated carbocycles. The average Bonchev–Trinajstić information content (AvgIpc) is 2.81. The van der Waals surface area contributed by atoms with E-state index in [9.17, 15) is 5.11 Å². The summed E-state index contributed by atoms with van der Waals surface area (Å²) in [6.07, 6.45) is 4.62. The number of allylic oxidation sites excluding steroid dienone is 1. The van der Waals surface area contributed by atoms with Crippen LogP contribution >= 0.6 is 0 Å². The first kappa shape index (κ1) is 14.6. The van der Waals surface area contributed by atoms with E-state index in [1.54, 1.807) is 0 Å². The fourth-order valence-corrected chi connectivity index (χ4v) is 4.80. The van der Waals surface area contributed by atoms with Crippen molar-refractivity contribution in [1.29, 1.82) is 0 Å². The molecule has 5 atom stereocenters. The van der Waals surface area contributed by atoms with Crippen LogP contribution in [0.5, 0.6) is 0 Å². The summed E-state index contributed by atoms with van der Waals surface area (Å²) in [6, 6.07) is 0. The van der Waals surface area contributed by atoms with Gasteiger partial charge in [-0.05, 0) is 59.5 Å². The molecule has 0 unspecified atom stereocenters. The minimum Gasteiger partial charge on any atom is -0.389 e. The number of hydrogen-bond donors (Lipinski definition) is 1. The Morgan fingerprint density at radius 1 is 1.35 bits per heavy atom. The predicted octanol–water partition coefficient (Wildman–Crippen LogP) is 2.45. The van der Waals surface area contributed by atoms with Gasteiger partial charge in [-0.3, -0.25) is 0 Å². The molecule has 0 bridgehead atoms. The number of nitrogens with zero attached hydrogens (tertiary/aromatic N) is 1. The first-order valence-corrected chi connectivity index (χ1v) is 8.07. The van der Waals surface area contributed by atoms with E-state index in [1.807, 2.05) is 6.92 Å². The highest BCUT2D eigenvalue weighted by molar-refractivity contribution is 5.28. The molecule has 0 aromatic heterocycles. The molecule has 0 radical (unpaired) electrons. The quantitative estimate of drug-likeness (QED) is 0.788. The SMILES string of the molecule is CC1=C2CC[C@@](C)(O)[C@@H]2[C@H]2OC[C@@H](CN(C)C)[C@@H]2CC1. The van der Waals surface area contributed by atoms with Crippen molar-refractivity contribution in [3.63, 3.8) is 0 Å². The molecule has 0 spiro atoms. The third kappa shape index (κ3) is 2.34. The van der Waals surface area contributed by atoms with Crippen LogP contribution in [0.25, 0.3) is 0 Å². The summed E-state index contributed by atoms with van der Waals surface area (Å²) >= 11 is 0. The summed E-state index contributed by atoms with van der Waals surface area (Å²) < 4.78 is 6.23. The highest BCUT2D eigenvalue weighted by Gasteiger charge is 2.53. The van der Waals surface area contributed by atoms with E-state index >= 15 is 0 Å². The molecule has 3 rings (SSSR count). The Balaban J connectivity index is 1.88. The van der Waals surface area contributed by atoms with Crippen molar-refractivity contribution in [2.75, 3.05) is 27.2 Å². The Bertz CT molecular complexity index is 413. The maximum atomic E-state index is 10.8. The van der Waals surface area contributed by atoms with Gasteiger partial charge in [0.1, 0.15) is 0 Å². The molecule has 1 aliphatic heterocycles. The van der Waals surface area contributed by atoms with Crippen molar-refractivity contribution in [2.24, 2.45) is 17.8 Å². The van der Waals surface area contributed by atoms with E-state index < -0.39 is 5.60 Å². The molecule has 2 fully saturated rings. The van der Waals surface area contributed by atoms with Crippen LogP contribution in [0.15, 0.2) is 11.1 Å². The zero-order valence-corrected chi connectivity index (χ0v) is 13.4. The topological polar surface area (TPSA) is 32.7 Å². The van der Waals surface area contributed by atoms with Crippen molar-refractivity contribution in [2.45, 2.75) is 51.2 Å². The standard InChI is InChI=1S/C17H29NO2/c1-11-5-6-14-12(9-18(3)4)10-20-16(14)15-13(11)7-8-17(15,2)19/h12,14-16,19H,5-10H2,1-4H3/t12-,14+,15+,16+,17-/m1/s1. The second kappa shape index (κ2) is 5.11. The lowest BCUT2D eigenvalue weighted by Gasteiger charge is -2.34. The molecular formula is C17H29NO2. The summed E-state index contributed by atoms with van der Waals surface area (Å²) in [5.74, 6) is 1.47. The van der Waals surface area contributed by atoms with Gasteiger partial charge in [-0.25, -0.2) is 0 Å². The molecule has 2 aliphatic carbocycles. The molecule has 0 aromatic carbocycles. The van der Waals surface area contributed by atoms with Gasteiger partial charge >= 0.3 is 0 Å². The van der Waals surface area contributed by atoms with Crippen LogP contribution in [0.1, 0.15) is 39.5 Å². The van der Waals surface area contributed by atoms with E-state index in [2.05, 4.69) is 25.9 Å². The molecule has 3 nitrogen and oxygen atoms in total. The van der Waals surface area contributed by atoms with E-state index in [1.165, 1.54) is 24.0 Å². The number of aliphatic hydroxyl groups is 1. The van der Waals surface area contributed by atoms with Gasteiger partial charge in [0.15, 0.2) is 0 Å². The summed E-state index contributed by atoms with van der Waals surface area (Å²) in [4.78, 5) is 2.27. The fraction of sp³-hybridized carbons (Fsp3) is 0.882. The predicted molar refractivity (Wildman–Crippen MR) is 80.6 cm³/mol. The van der Waals surface area contributed by atoms with Gasteiger partial charge in [0.2, 0.25) is 0 Å². The number of ether oxygens (including phenoxy) is 1. The lowest BCUT2D eigenvalue weighted by molar-refractivity contribution is -0.0475. The van der Waals surface area contributed by atoms with E-state index in [-0.39, 0.29) is 12.0 Å². The van der Waals surface area contributed by atoms with Gasteiger partial charge in [0.25, 0.3) is 0 Å². The van der Waals surface area contributed by atoms with Gasteiger partial charge < -0.3 is 14.7 Å². The van der Waals surface area contributed by atoms with Gasteiger partial charge in [-0.1, -0.05) is 11.1 Å². The van der Waals surface area contributed by atoms with Gasteiger partial charge in [-0.2, -0.15) is 0 Å². The smallest absolute Gasteiger partial charge is 0.0712 e. The van der Waals surface area contributed by atoms with Crippen molar-refractivity contribution in [3.05, 3.63) is 11.1 Å². The largest absolute Gasteiger partial charge is 0.389 e. The Morgan fingerprint density at radius 2 is 2.10 bits per heavy atom. The number of rotatable bonds is 2. The third-order valence-corrected chi connectivity index (χ3v) is 5.81. The Morgan fingerprint density at radius 3 is 2.80 bits per heavy atom. The fourth-order valence-electron chi connectivity index (χ4n) is 4.80. The Hall–Kier alpha value is -0.380. The average molecular weight is 279 g/mol. The summed E-state index contributed by atoms with van der Waals surface area (Å²) in [7, 11) is 4.29. The van der Waals surface area contributed by atoms with Gasteiger partial charge in [0, 0.05) is 18.4 Å². The van der Waals surface area contributed by atoms with Gasteiger partial charge in [-0.15, -0.1) is 0 Å². The normalized spacial score (nSPS) is 44.7. The van der Waals surface area contributed by atoms with Crippen LogP contribution in [0.4, 0.5) is 0 Å². The molecule has 1 heterocycles. The maximum absolute atomic E-state index is 10.8. The summed E-state index contributed by atoms with van der Waals surface area (Å²) in [6.45, 7) is 6.26. The van der Waals surface area contributed by atoms with Gasteiger partial charge in [0.05, 0.1) is 18.3 Å². The molecule has 1 N–H and O–H groups in total. The van der Waals surface area contributed by atoms with Crippen molar-refractivity contribution < 1.29 is 9.84 Å². The van der Waals surface area contributed by atoms with E-state index in [4.69, 9.17) is 4.74 Å². The molecule has 20 heavy (non-hydrogen) atoms. The molecule has 114 valence electrons. The molecule has 0 amide bonds. The van der Waals surface area contributed by atoms with E-state index in [0.29, 0.717) is 11.8 Å². The highest BCUT2D eigenvalue weighted by Crippen LogP contribution is 2.52. The monoisotopic (exact) mass is 279 g/mol. The zero-order chi connectivity index (χ0) is 14.5. The molecule has 3 heteroatoms. The zero-order valence-electron chi connectivity index (χ0n) is 13.4. The Kier molecular flexibility index (Phi) is 3.72. The van der Waals surface area contributed by atoms with Crippen LogP contribution < -0.4 is 0 Å². The van der Waals surface area contributed by atoms with Crippen LogP contribution in [0, 0.1) is 17.8 Å². The van der Waals surface area contributed by atoms with Crippen molar-refractivity contribution in [3.8, 4) is 0 Å². The molecule has 1 saturated heterocycles. The lowest BCUT2D eigenvalue weighted by atomic mass is 9.77. The first-order chi connectivity index (χ1) is 9.40. The number of fused-ring (bicyclic) bond motifs is 3. The lowest BCUT2D eigenvalue weighted by Crippen LogP contribution is -2.41. The Labute approximate surface area is 123 Å². The van der Waals surface area contributed by atoms with Crippen LogP contribution in [0.2, 0.25) is 0 Å². The first-order valence-electron chi connectivity index (χ1n) is 8.07. The molecular weight excluding hydrogens is 250 g/mol. The minimum atomic E-state index is -0.573. The van der Waals surface area contributed by atoms with Crippen LogP contribution in [-0.2, 0) is 4.74 Å². The van der Waals surface area contributed by atoms with Crippen molar-refractivity contribution >= 4 is 0 Å².